The number of carbonyl (C=O) groups excluding carboxylic acids is 1. The van der Waals surface area contributed by atoms with Crippen molar-refractivity contribution in [1.82, 2.24) is 15.5 Å². The lowest BCUT2D eigenvalue weighted by Crippen LogP contribution is -2.76. The van der Waals surface area contributed by atoms with Crippen LogP contribution in [0.1, 0.15) is 49.4 Å². The Morgan fingerprint density at radius 3 is 2.21 bits per heavy atom. The summed E-state index contributed by atoms with van der Waals surface area (Å²) in [5, 5.41) is 10.0. The van der Waals surface area contributed by atoms with Gasteiger partial charge in [0, 0.05) is 28.6 Å². The Labute approximate surface area is 114 Å². The van der Waals surface area contributed by atoms with Gasteiger partial charge in [-0.2, -0.15) is 5.10 Å². The quantitative estimate of drug-likeness (QED) is 0.757. The van der Waals surface area contributed by atoms with Gasteiger partial charge in [-0.25, -0.2) is 0 Å². The van der Waals surface area contributed by atoms with Crippen LogP contribution in [0.2, 0.25) is 0 Å². The van der Waals surface area contributed by atoms with Crippen molar-refractivity contribution in [2.24, 2.45) is 16.6 Å². The fourth-order valence-corrected chi connectivity index (χ4v) is 3.64. The van der Waals surface area contributed by atoms with Gasteiger partial charge in [0.1, 0.15) is 0 Å². The van der Waals surface area contributed by atoms with Gasteiger partial charge in [-0.1, -0.05) is 27.7 Å². The zero-order valence-corrected chi connectivity index (χ0v) is 12.6. The highest BCUT2D eigenvalue weighted by Crippen LogP contribution is 2.52. The first-order valence-electron chi connectivity index (χ1n) is 6.68. The molecule has 0 spiro atoms. The number of aromatic nitrogens is 2. The molecule has 0 aromatic carbocycles. The van der Waals surface area contributed by atoms with Crippen LogP contribution in [0.4, 0.5) is 0 Å². The monoisotopic (exact) mass is 264 g/mol. The fraction of sp³-hybridized carbons (Fsp3) is 0.714. The topological polar surface area (TPSA) is 83.8 Å². The highest BCUT2D eigenvalue weighted by Gasteiger charge is 2.60. The first-order valence-corrected chi connectivity index (χ1v) is 6.68. The van der Waals surface area contributed by atoms with Crippen LogP contribution in [-0.4, -0.2) is 28.2 Å². The third-order valence-corrected chi connectivity index (χ3v) is 4.72. The van der Waals surface area contributed by atoms with E-state index >= 15 is 0 Å². The summed E-state index contributed by atoms with van der Waals surface area (Å²) < 4.78 is 0. The molecule has 4 N–H and O–H groups in total. The molecule has 0 bridgehead atoms. The molecule has 19 heavy (non-hydrogen) atoms. The Hall–Kier alpha value is -1.36. The molecule has 0 atom stereocenters. The van der Waals surface area contributed by atoms with Crippen LogP contribution in [-0.2, 0) is 0 Å². The standard InChI is InChI=1S/C14H24N4O/c1-7-9(8(2)18-17-7)10(19)16-12-13(3,4)11(15)14(12,5)6/h11-12H,15H2,1-6H3,(H,16,19)(H,17,18). The van der Waals surface area contributed by atoms with E-state index in [0.717, 1.165) is 11.4 Å². The molecule has 0 radical (unpaired) electrons. The summed E-state index contributed by atoms with van der Waals surface area (Å²) in [6.07, 6.45) is 0. The van der Waals surface area contributed by atoms with Crippen molar-refractivity contribution >= 4 is 5.91 Å². The average Bonchev–Trinajstić information content (AvgIpc) is 2.64. The van der Waals surface area contributed by atoms with Gasteiger partial charge in [-0.05, 0) is 13.8 Å². The molecule has 0 aliphatic heterocycles. The normalized spacial score (nSPS) is 27.7. The molecule has 2 rings (SSSR count). The smallest absolute Gasteiger partial charge is 0.255 e. The van der Waals surface area contributed by atoms with E-state index in [1.807, 2.05) is 13.8 Å². The maximum absolute atomic E-state index is 12.4. The van der Waals surface area contributed by atoms with Crippen molar-refractivity contribution < 1.29 is 4.79 Å². The molecule has 1 aliphatic carbocycles. The number of nitrogens with one attached hydrogen (secondary N) is 2. The number of nitrogens with two attached hydrogens (primary N) is 1. The predicted molar refractivity (Wildman–Crippen MR) is 74.9 cm³/mol. The van der Waals surface area contributed by atoms with Crippen LogP contribution < -0.4 is 11.1 Å². The van der Waals surface area contributed by atoms with Gasteiger partial charge < -0.3 is 11.1 Å². The summed E-state index contributed by atoms with van der Waals surface area (Å²) in [6, 6.07) is 0.146. The summed E-state index contributed by atoms with van der Waals surface area (Å²) in [5.74, 6) is -0.0678. The molecule has 1 amide bonds. The highest BCUT2D eigenvalue weighted by molar-refractivity contribution is 5.96. The summed E-state index contributed by atoms with van der Waals surface area (Å²) in [5.41, 5.74) is 8.20. The van der Waals surface area contributed by atoms with Crippen molar-refractivity contribution in [3.63, 3.8) is 0 Å². The Morgan fingerprint density at radius 2 is 1.79 bits per heavy atom. The molecule has 1 heterocycles. The van der Waals surface area contributed by atoms with E-state index in [4.69, 9.17) is 5.73 Å². The summed E-state index contributed by atoms with van der Waals surface area (Å²) in [4.78, 5) is 12.4. The van der Waals surface area contributed by atoms with Crippen molar-refractivity contribution in [2.45, 2.75) is 53.6 Å². The average molecular weight is 264 g/mol. The second kappa shape index (κ2) is 4.07. The zero-order chi connectivity index (χ0) is 14.6. The number of carbonyl (C=O) groups is 1. The number of aryl methyl sites for hydroxylation is 2. The van der Waals surface area contributed by atoms with E-state index in [-0.39, 0.29) is 28.8 Å². The van der Waals surface area contributed by atoms with E-state index in [1.165, 1.54) is 0 Å². The fourth-order valence-electron chi connectivity index (χ4n) is 3.64. The van der Waals surface area contributed by atoms with Crippen molar-refractivity contribution in [3.8, 4) is 0 Å². The van der Waals surface area contributed by atoms with E-state index in [9.17, 15) is 4.79 Å². The molecule has 1 aliphatic rings. The first kappa shape index (κ1) is 14.1. The second-order valence-corrected chi connectivity index (χ2v) is 6.84. The van der Waals surface area contributed by atoms with Gasteiger partial charge in [0.25, 0.3) is 5.91 Å². The molecular weight excluding hydrogens is 240 g/mol. The van der Waals surface area contributed by atoms with E-state index < -0.39 is 0 Å². The molecule has 1 aromatic heterocycles. The van der Waals surface area contributed by atoms with E-state index in [1.54, 1.807) is 0 Å². The first-order chi connectivity index (χ1) is 8.60. The van der Waals surface area contributed by atoms with E-state index in [0.29, 0.717) is 5.56 Å². The Bertz CT molecular complexity index is 480. The lowest BCUT2D eigenvalue weighted by atomic mass is 9.48. The second-order valence-electron chi connectivity index (χ2n) is 6.84. The largest absolute Gasteiger partial charge is 0.348 e. The van der Waals surface area contributed by atoms with Gasteiger partial charge in [0.05, 0.1) is 11.3 Å². The molecule has 1 saturated carbocycles. The minimum Gasteiger partial charge on any atom is -0.348 e. The molecule has 1 aromatic rings. The number of aromatic amines is 1. The van der Waals surface area contributed by atoms with Crippen molar-refractivity contribution in [3.05, 3.63) is 17.0 Å². The van der Waals surface area contributed by atoms with Gasteiger partial charge in [0.15, 0.2) is 0 Å². The van der Waals surface area contributed by atoms with Crippen LogP contribution in [0.5, 0.6) is 0 Å². The molecule has 0 unspecified atom stereocenters. The number of rotatable bonds is 2. The molecule has 0 saturated heterocycles. The Balaban J connectivity index is 2.21. The number of hydrogen-bond donors (Lipinski definition) is 3. The molecule has 106 valence electrons. The highest BCUT2D eigenvalue weighted by atomic mass is 16.1. The van der Waals surface area contributed by atoms with Gasteiger partial charge >= 0.3 is 0 Å². The third kappa shape index (κ3) is 1.87. The van der Waals surface area contributed by atoms with Gasteiger partial charge in [-0.3, -0.25) is 9.89 Å². The Morgan fingerprint density at radius 1 is 1.26 bits per heavy atom. The summed E-state index contributed by atoms with van der Waals surface area (Å²) in [7, 11) is 0. The summed E-state index contributed by atoms with van der Waals surface area (Å²) in [6.45, 7) is 12.1. The number of amides is 1. The van der Waals surface area contributed by atoms with Crippen LogP contribution in [0.25, 0.3) is 0 Å². The number of H-pyrrole nitrogens is 1. The minimum absolute atomic E-state index is 0.0659. The lowest BCUT2D eigenvalue weighted by molar-refractivity contribution is -0.0663. The van der Waals surface area contributed by atoms with Crippen molar-refractivity contribution in [2.75, 3.05) is 0 Å². The molecular formula is C14H24N4O. The van der Waals surface area contributed by atoms with Gasteiger partial charge in [-0.15, -0.1) is 0 Å². The number of hydrogen-bond acceptors (Lipinski definition) is 3. The molecule has 5 heteroatoms. The zero-order valence-electron chi connectivity index (χ0n) is 12.6. The van der Waals surface area contributed by atoms with Crippen LogP contribution in [0, 0.1) is 24.7 Å². The summed E-state index contributed by atoms with van der Waals surface area (Å²) >= 11 is 0. The third-order valence-electron chi connectivity index (χ3n) is 4.72. The minimum atomic E-state index is -0.0926. The SMILES string of the molecule is Cc1n[nH]c(C)c1C(=O)NC1C(C)(C)C(N)C1(C)C. The van der Waals surface area contributed by atoms with Crippen LogP contribution in [0.3, 0.4) is 0 Å². The van der Waals surface area contributed by atoms with E-state index in [2.05, 4.69) is 43.2 Å². The van der Waals surface area contributed by atoms with Crippen LogP contribution >= 0.6 is 0 Å². The number of nitrogens with zero attached hydrogens (tertiary/aromatic N) is 1. The lowest BCUT2D eigenvalue weighted by Gasteiger charge is -2.62. The molecule has 1 fully saturated rings. The maximum Gasteiger partial charge on any atom is 0.255 e. The maximum atomic E-state index is 12.4. The Kier molecular flexibility index (Phi) is 3.01. The molecule has 5 nitrogen and oxygen atoms in total. The van der Waals surface area contributed by atoms with Crippen LogP contribution in [0.15, 0.2) is 0 Å². The van der Waals surface area contributed by atoms with Crippen molar-refractivity contribution in [1.29, 1.82) is 0 Å². The predicted octanol–water partition coefficient (Wildman–Crippen LogP) is 1.52. The van der Waals surface area contributed by atoms with Gasteiger partial charge in [0.2, 0.25) is 0 Å².